The van der Waals surface area contributed by atoms with E-state index in [-0.39, 0.29) is 28.7 Å². The number of hydrogen-bond donors (Lipinski definition) is 1. The molecular weight excluding hydrogens is 345 g/mol. The van der Waals surface area contributed by atoms with E-state index in [1.54, 1.807) is 6.07 Å². The molecule has 2 aliphatic carbocycles. The molecule has 0 saturated heterocycles. The summed E-state index contributed by atoms with van der Waals surface area (Å²) in [5.41, 5.74) is -0.181. The molecule has 0 aliphatic heterocycles. The second-order valence-electron chi connectivity index (χ2n) is 6.65. The molecule has 0 spiro atoms. The Morgan fingerprint density at radius 3 is 2.68 bits per heavy atom. The Morgan fingerprint density at radius 1 is 1.32 bits per heavy atom. The Kier molecular flexibility index (Phi) is 4.07. The van der Waals surface area contributed by atoms with Gasteiger partial charge >= 0.3 is 0 Å². The lowest BCUT2D eigenvalue weighted by molar-refractivity contribution is 0.0726. The van der Waals surface area contributed by atoms with Crippen LogP contribution in [0.4, 0.5) is 4.39 Å². The number of hydrogen-bond acceptors (Lipinski definition) is 3. The second-order valence-corrected chi connectivity index (χ2v) is 7.06. The fraction of sp³-hybridized carbons (Fsp3) is 0.389. The van der Waals surface area contributed by atoms with Gasteiger partial charge in [-0.2, -0.15) is 0 Å². The fourth-order valence-corrected chi connectivity index (χ4v) is 3.11. The van der Waals surface area contributed by atoms with Crippen LogP contribution in [-0.2, 0) is 6.54 Å². The molecular formula is C18H17ClFN3O2. The first kappa shape index (κ1) is 16.3. The van der Waals surface area contributed by atoms with E-state index < -0.39 is 17.3 Å². The van der Waals surface area contributed by atoms with E-state index >= 15 is 0 Å². The summed E-state index contributed by atoms with van der Waals surface area (Å²) >= 11 is 6.09. The molecule has 0 radical (unpaired) electrons. The zero-order valence-corrected chi connectivity index (χ0v) is 14.2. The molecule has 2 aliphatic rings. The summed E-state index contributed by atoms with van der Waals surface area (Å²) in [6.07, 6.45) is 5.03. The van der Waals surface area contributed by atoms with Gasteiger partial charge in [-0.25, -0.2) is 9.37 Å². The minimum absolute atomic E-state index is 0.00526. The summed E-state index contributed by atoms with van der Waals surface area (Å²) in [6.45, 7) is 0.0405. The summed E-state index contributed by atoms with van der Waals surface area (Å²) in [6, 6.07) is 4.44. The summed E-state index contributed by atoms with van der Waals surface area (Å²) in [4.78, 5) is 33.6. The monoisotopic (exact) mass is 361 g/mol. The number of amides is 1. The van der Waals surface area contributed by atoms with Gasteiger partial charge in [-0.1, -0.05) is 17.7 Å². The molecule has 7 heteroatoms. The quantitative estimate of drug-likeness (QED) is 0.889. The standard InChI is InChI=1S/C18H17ClFN3O2/c19-14-2-1-3-15(20)13(14)9-23(11-6-7-11)18(25)12-8-21-16(10-4-5-10)22-17(12)24/h1-3,8,10-11H,4-7,9H2,(H,21,22,24). The third-order valence-corrected chi connectivity index (χ3v) is 5.01. The largest absolute Gasteiger partial charge is 0.331 e. The first-order valence-electron chi connectivity index (χ1n) is 8.37. The number of carbonyl (C=O) groups excluding carboxylic acids is 1. The van der Waals surface area contributed by atoms with Crippen molar-refractivity contribution in [3.05, 3.63) is 62.5 Å². The number of H-pyrrole nitrogens is 1. The molecule has 4 rings (SSSR count). The van der Waals surface area contributed by atoms with Gasteiger partial charge in [-0.15, -0.1) is 0 Å². The van der Waals surface area contributed by atoms with Crippen molar-refractivity contribution in [2.24, 2.45) is 0 Å². The molecule has 130 valence electrons. The number of aromatic nitrogens is 2. The first-order chi connectivity index (χ1) is 12.0. The molecule has 1 amide bonds. The van der Waals surface area contributed by atoms with Crippen LogP contribution in [-0.4, -0.2) is 26.8 Å². The minimum atomic E-state index is -0.456. The van der Waals surface area contributed by atoms with Gasteiger partial charge in [-0.3, -0.25) is 9.59 Å². The highest BCUT2D eigenvalue weighted by Crippen LogP contribution is 2.37. The van der Waals surface area contributed by atoms with Crippen LogP contribution in [0.15, 0.2) is 29.2 Å². The van der Waals surface area contributed by atoms with Gasteiger partial charge in [0.05, 0.1) is 6.54 Å². The van der Waals surface area contributed by atoms with Gasteiger partial charge in [0.1, 0.15) is 17.2 Å². The Morgan fingerprint density at radius 2 is 2.08 bits per heavy atom. The van der Waals surface area contributed by atoms with Crippen LogP contribution in [0.5, 0.6) is 0 Å². The summed E-state index contributed by atoms with van der Waals surface area (Å²) in [5, 5.41) is 0.273. The number of aromatic amines is 1. The number of nitrogens with one attached hydrogen (secondary N) is 1. The summed E-state index contributed by atoms with van der Waals surface area (Å²) in [7, 11) is 0. The van der Waals surface area contributed by atoms with Gasteiger partial charge in [0.25, 0.3) is 11.5 Å². The van der Waals surface area contributed by atoms with Crippen molar-refractivity contribution in [1.82, 2.24) is 14.9 Å². The molecule has 1 heterocycles. The molecule has 0 bridgehead atoms. The molecule has 0 unspecified atom stereocenters. The molecule has 2 saturated carbocycles. The number of rotatable bonds is 5. The van der Waals surface area contributed by atoms with E-state index in [2.05, 4.69) is 9.97 Å². The van der Waals surface area contributed by atoms with Crippen LogP contribution in [0.2, 0.25) is 5.02 Å². The highest BCUT2D eigenvalue weighted by atomic mass is 35.5. The SMILES string of the molecule is O=C(c1cnc(C2CC2)[nH]c1=O)N(Cc1c(F)cccc1Cl)C1CC1. The van der Waals surface area contributed by atoms with Crippen molar-refractivity contribution < 1.29 is 9.18 Å². The Bertz CT molecular complexity index is 870. The van der Waals surface area contributed by atoms with Crippen molar-refractivity contribution in [1.29, 1.82) is 0 Å². The molecule has 2 fully saturated rings. The smallest absolute Gasteiger partial charge is 0.263 e. The average molecular weight is 362 g/mol. The lowest BCUT2D eigenvalue weighted by Gasteiger charge is -2.23. The molecule has 1 aromatic heterocycles. The number of halogens is 2. The second kappa shape index (κ2) is 6.26. The van der Waals surface area contributed by atoms with Crippen LogP contribution in [0.1, 0.15) is 53.3 Å². The van der Waals surface area contributed by atoms with Crippen molar-refractivity contribution >= 4 is 17.5 Å². The van der Waals surface area contributed by atoms with Gasteiger partial charge in [-0.05, 0) is 37.8 Å². The molecule has 25 heavy (non-hydrogen) atoms. The first-order valence-corrected chi connectivity index (χ1v) is 8.75. The maximum Gasteiger partial charge on any atom is 0.263 e. The number of nitrogens with zero attached hydrogens (tertiary/aromatic N) is 2. The molecule has 5 nitrogen and oxygen atoms in total. The van der Waals surface area contributed by atoms with E-state index in [1.807, 2.05) is 0 Å². The van der Waals surface area contributed by atoms with E-state index in [0.29, 0.717) is 11.7 Å². The van der Waals surface area contributed by atoms with E-state index in [1.165, 1.54) is 23.2 Å². The molecule has 1 N–H and O–H groups in total. The fourth-order valence-electron chi connectivity index (χ4n) is 2.89. The van der Waals surface area contributed by atoms with Gasteiger partial charge in [0.15, 0.2) is 0 Å². The predicted octanol–water partition coefficient (Wildman–Crippen LogP) is 3.24. The zero-order chi connectivity index (χ0) is 17.6. The minimum Gasteiger partial charge on any atom is -0.331 e. The normalized spacial score (nSPS) is 16.7. The molecule has 1 aromatic carbocycles. The summed E-state index contributed by atoms with van der Waals surface area (Å²) in [5.74, 6) is 0.0465. The van der Waals surface area contributed by atoms with E-state index in [0.717, 1.165) is 25.7 Å². The average Bonchev–Trinajstić information content (AvgIpc) is 3.47. The number of carbonyl (C=O) groups is 1. The van der Waals surface area contributed by atoms with Gasteiger partial charge in [0, 0.05) is 28.7 Å². The highest BCUT2D eigenvalue weighted by molar-refractivity contribution is 6.31. The maximum absolute atomic E-state index is 14.1. The van der Waals surface area contributed by atoms with Crippen LogP contribution < -0.4 is 5.56 Å². The lowest BCUT2D eigenvalue weighted by Crippen LogP contribution is -2.36. The Hall–Kier alpha value is -2.21. The highest BCUT2D eigenvalue weighted by Gasteiger charge is 2.35. The van der Waals surface area contributed by atoms with Crippen molar-refractivity contribution in [3.63, 3.8) is 0 Å². The third kappa shape index (κ3) is 3.31. The summed E-state index contributed by atoms with van der Waals surface area (Å²) < 4.78 is 14.1. The van der Waals surface area contributed by atoms with Crippen molar-refractivity contribution in [2.75, 3.05) is 0 Å². The van der Waals surface area contributed by atoms with Crippen LogP contribution >= 0.6 is 11.6 Å². The van der Waals surface area contributed by atoms with E-state index in [9.17, 15) is 14.0 Å². The van der Waals surface area contributed by atoms with Crippen LogP contribution in [0, 0.1) is 5.82 Å². The molecule has 0 atom stereocenters. The van der Waals surface area contributed by atoms with Crippen molar-refractivity contribution in [3.8, 4) is 0 Å². The number of benzene rings is 1. The maximum atomic E-state index is 14.1. The topological polar surface area (TPSA) is 66.1 Å². The predicted molar refractivity (Wildman–Crippen MR) is 91.1 cm³/mol. The zero-order valence-electron chi connectivity index (χ0n) is 13.5. The lowest BCUT2D eigenvalue weighted by atomic mass is 10.1. The van der Waals surface area contributed by atoms with Gasteiger partial charge in [0.2, 0.25) is 0 Å². The van der Waals surface area contributed by atoms with Crippen LogP contribution in [0.25, 0.3) is 0 Å². The third-order valence-electron chi connectivity index (χ3n) is 4.65. The van der Waals surface area contributed by atoms with Crippen molar-refractivity contribution in [2.45, 2.75) is 44.2 Å². The Labute approximate surface area is 148 Å². The Balaban J connectivity index is 1.63. The van der Waals surface area contributed by atoms with E-state index in [4.69, 9.17) is 11.6 Å². The molecule has 2 aromatic rings. The van der Waals surface area contributed by atoms with Gasteiger partial charge < -0.3 is 9.88 Å². The van der Waals surface area contributed by atoms with Crippen LogP contribution in [0.3, 0.4) is 0 Å².